The first-order valence-electron chi connectivity index (χ1n) is 16.4. The van der Waals surface area contributed by atoms with Gasteiger partial charge in [-0.15, -0.1) is 10.9 Å². The van der Waals surface area contributed by atoms with E-state index in [1.165, 1.54) is 87.4 Å². The highest BCUT2D eigenvalue weighted by atomic mass is 16.3. The second-order valence-electron chi connectivity index (χ2n) is 12.9. The number of hydrogen-bond donors (Lipinski definition) is 0. The summed E-state index contributed by atoms with van der Waals surface area (Å²) in [6, 6.07) is 48.3. The molecule has 0 spiro atoms. The van der Waals surface area contributed by atoms with E-state index in [0.29, 0.717) is 0 Å². The molecule has 0 saturated heterocycles. The van der Waals surface area contributed by atoms with Crippen LogP contribution in [0.4, 0.5) is 0 Å². The lowest BCUT2D eigenvalue weighted by Gasteiger charge is -2.24. The van der Waals surface area contributed by atoms with E-state index in [9.17, 15) is 0 Å². The Kier molecular flexibility index (Phi) is 6.27. The molecule has 0 atom stereocenters. The van der Waals surface area contributed by atoms with Crippen molar-refractivity contribution in [1.29, 1.82) is 0 Å². The van der Waals surface area contributed by atoms with Gasteiger partial charge in [0, 0.05) is 10.8 Å². The summed E-state index contributed by atoms with van der Waals surface area (Å²) < 4.78 is 6.70. The fourth-order valence-corrected chi connectivity index (χ4v) is 7.99. The highest BCUT2D eigenvalue weighted by Gasteiger charge is 2.23. The van der Waals surface area contributed by atoms with Crippen LogP contribution in [0.3, 0.4) is 0 Å². The first kappa shape index (κ1) is 27.9. The van der Waals surface area contributed by atoms with Gasteiger partial charge in [0.05, 0.1) is 0 Å². The zero-order valence-corrected chi connectivity index (χ0v) is 27.1. The van der Waals surface area contributed by atoms with Crippen LogP contribution in [0.15, 0.2) is 138 Å². The van der Waals surface area contributed by atoms with Crippen molar-refractivity contribution in [1.82, 2.24) is 0 Å². The van der Waals surface area contributed by atoms with Crippen LogP contribution in [0.1, 0.15) is 0 Å². The summed E-state index contributed by atoms with van der Waals surface area (Å²) in [6.45, 7) is 0. The van der Waals surface area contributed by atoms with Crippen LogP contribution in [0.25, 0.3) is 87.6 Å². The van der Waals surface area contributed by atoms with Gasteiger partial charge in [0.25, 0.3) is 0 Å². The molecule has 0 amide bonds. The molecule has 9 rings (SSSR count). The molecular formula is C42H30B4O. The summed E-state index contributed by atoms with van der Waals surface area (Å²) in [5.41, 5.74) is 14.7. The van der Waals surface area contributed by atoms with Crippen molar-refractivity contribution in [2.75, 3.05) is 0 Å². The third-order valence-corrected chi connectivity index (χ3v) is 10.6. The predicted molar refractivity (Wildman–Crippen MR) is 215 cm³/mol. The van der Waals surface area contributed by atoms with Gasteiger partial charge < -0.3 is 4.42 Å². The molecule has 0 N–H and O–H groups in total. The molecule has 1 aromatic heterocycles. The summed E-state index contributed by atoms with van der Waals surface area (Å²) >= 11 is 0. The molecule has 5 heteroatoms. The lowest BCUT2D eigenvalue weighted by atomic mass is 9.62. The lowest BCUT2D eigenvalue weighted by Crippen LogP contribution is -2.48. The topological polar surface area (TPSA) is 13.1 Å². The molecule has 0 unspecified atom stereocenters. The van der Waals surface area contributed by atoms with Gasteiger partial charge in [0.2, 0.25) is 0 Å². The van der Waals surface area contributed by atoms with Crippen molar-refractivity contribution in [3.63, 3.8) is 0 Å². The molecule has 9 aromatic rings. The molecule has 1 nitrogen and oxygen atoms in total. The van der Waals surface area contributed by atoms with Crippen molar-refractivity contribution >= 4 is 107 Å². The Morgan fingerprint density at radius 3 is 1.72 bits per heavy atom. The molecular weight excluding hydrogens is 564 g/mol. The molecule has 0 aliphatic rings. The van der Waals surface area contributed by atoms with Crippen LogP contribution >= 0.6 is 0 Å². The van der Waals surface area contributed by atoms with Crippen LogP contribution in [0.5, 0.6) is 0 Å². The van der Waals surface area contributed by atoms with Gasteiger partial charge in [-0.3, -0.25) is 0 Å². The lowest BCUT2D eigenvalue weighted by molar-refractivity contribution is 0.669. The van der Waals surface area contributed by atoms with E-state index in [0.717, 1.165) is 22.1 Å². The van der Waals surface area contributed by atoms with Gasteiger partial charge in [0.15, 0.2) is 0 Å². The maximum absolute atomic E-state index is 6.70. The average Bonchev–Trinajstić information content (AvgIpc) is 3.50. The minimum atomic E-state index is 0.910. The summed E-state index contributed by atoms with van der Waals surface area (Å²) in [5, 5.41) is 10.0. The van der Waals surface area contributed by atoms with Crippen LogP contribution in [-0.2, 0) is 0 Å². The summed E-state index contributed by atoms with van der Waals surface area (Å²) in [4.78, 5) is 0. The second-order valence-corrected chi connectivity index (χ2v) is 12.9. The smallest absolute Gasteiger partial charge is 0.139 e. The Balaban J connectivity index is 1.41. The molecule has 8 aromatic carbocycles. The van der Waals surface area contributed by atoms with Gasteiger partial charge in [-0.2, -0.15) is 0 Å². The average molecular weight is 594 g/mol. The van der Waals surface area contributed by atoms with Crippen LogP contribution in [0.2, 0.25) is 0 Å². The van der Waals surface area contributed by atoms with Crippen molar-refractivity contribution in [3.05, 3.63) is 133 Å². The molecule has 0 aliphatic carbocycles. The summed E-state index contributed by atoms with van der Waals surface area (Å²) in [7, 11) is 9.17. The van der Waals surface area contributed by atoms with Gasteiger partial charge in [-0.25, -0.2) is 0 Å². The van der Waals surface area contributed by atoms with E-state index in [2.05, 4.69) is 165 Å². The van der Waals surface area contributed by atoms with Crippen LogP contribution < -0.4 is 21.9 Å². The highest BCUT2D eigenvalue weighted by Crippen LogP contribution is 2.46. The van der Waals surface area contributed by atoms with Crippen molar-refractivity contribution in [2.45, 2.75) is 0 Å². The first-order valence-corrected chi connectivity index (χ1v) is 16.4. The van der Waals surface area contributed by atoms with Crippen molar-refractivity contribution in [3.8, 4) is 33.4 Å². The Morgan fingerprint density at radius 1 is 0.362 bits per heavy atom. The molecule has 1 heterocycles. The maximum Gasteiger partial charge on any atom is 0.139 e. The van der Waals surface area contributed by atoms with Crippen LogP contribution in [-0.4, -0.2) is 31.4 Å². The van der Waals surface area contributed by atoms with Gasteiger partial charge in [-0.05, 0) is 83.9 Å². The molecule has 0 aliphatic heterocycles. The first-order chi connectivity index (χ1) is 23.0. The Labute approximate surface area is 277 Å². The zero-order chi connectivity index (χ0) is 31.8. The van der Waals surface area contributed by atoms with Gasteiger partial charge in [0.1, 0.15) is 42.6 Å². The minimum absolute atomic E-state index is 0.910. The van der Waals surface area contributed by atoms with E-state index in [-0.39, 0.29) is 0 Å². The Bertz CT molecular complexity index is 2720. The SMILES string of the molecule is Bc1c(B)c(B)c2c(-c3cccc4oc5cc(-c6cccc7ccccc67)ccc5c34)c3ccccc3c(-c3ccccc3)c2c1B. The van der Waals surface area contributed by atoms with E-state index >= 15 is 0 Å². The number of benzene rings is 8. The standard InChI is InChI=1S/C42H30B4O/c43-39-37-34(24-11-2-1-3-12-24)28-15-6-7-16-29(28)36(38(37)40(44)42(46)41(39)45)31-18-9-19-32-35(31)30-21-20-25(22-33(30)47-32)27-17-8-13-23-10-4-5-14-26(23)27/h1-22H,43-46H2. The number of fused-ring (bicyclic) bond motifs is 6. The van der Waals surface area contributed by atoms with Gasteiger partial charge >= 0.3 is 0 Å². The van der Waals surface area contributed by atoms with E-state index in [4.69, 9.17) is 4.42 Å². The monoisotopic (exact) mass is 594 g/mol. The fraction of sp³-hybridized carbons (Fsp3) is 0. The molecule has 0 fully saturated rings. The third-order valence-electron chi connectivity index (χ3n) is 10.6. The maximum atomic E-state index is 6.70. The second kappa shape index (κ2) is 10.6. The van der Waals surface area contributed by atoms with Crippen LogP contribution in [0, 0.1) is 0 Å². The summed E-state index contributed by atoms with van der Waals surface area (Å²) in [5.74, 6) is 0. The minimum Gasteiger partial charge on any atom is -0.456 e. The zero-order valence-electron chi connectivity index (χ0n) is 27.1. The summed E-state index contributed by atoms with van der Waals surface area (Å²) in [6.07, 6.45) is 0. The van der Waals surface area contributed by atoms with Crippen molar-refractivity contribution < 1.29 is 4.42 Å². The molecule has 0 saturated carbocycles. The highest BCUT2D eigenvalue weighted by molar-refractivity contribution is 6.68. The molecule has 0 bridgehead atoms. The Hall–Kier alpha value is -5.40. The van der Waals surface area contributed by atoms with Crippen molar-refractivity contribution in [2.24, 2.45) is 0 Å². The van der Waals surface area contributed by atoms with E-state index < -0.39 is 0 Å². The molecule has 216 valence electrons. The van der Waals surface area contributed by atoms with Gasteiger partial charge in [-0.1, -0.05) is 126 Å². The number of hydrogen-bond acceptors (Lipinski definition) is 1. The quantitative estimate of drug-likeness (QED) is 0.206. The van der Waals surface area contributed by atoms with E-state index in [1.807, 2.05) is 0 Å². The number of rotatable bonds is 3. The normalized spacial score (nSPS) is 11.7. The Morgan fingerprint density at radius 2 is 0.957 bits per heavy atom. The number of furan rings is 1. The molecule has 0 radical (unpaired) electrons. The predicted octanol–water partition coefficient (Wildman–Crippen LogP) is 5.08. The molecule has 47 heavy (non-hydrogen) atoms. The van der Waals surface area contributed by atoms with E-state index in [1.54, 1.807) is 0 Å². The largest absolute Gasteiger partial charge is 0.456 e. The third kappa shape index (κ3) is 4.09. The fourth-order valence-electron chi connectivity index (χ4n) is 7.99.